The summed E-state index contributed by atoms with van der Waals surface area (Å²) in [7, 11) is 0. The van der Waals surface area contributed by atoms with Crippen molar-refractivity contribution in [1.29, 1.82) is 0 Å². The molecule has 2 fully saturated rings. The van der Waals surface area contributed by atoms with Gasteiger partial charge in [-0.1, -0.05) is 6.07 Å². The number of nitrogens with zero attached hydrogens (tertiary/aromatic N) is 1. The molecule has 2 saturated carbocycles. The lowest BCUT2D eigenvalue weighted by molar-refractivity contribution is 0.0997. The molecule has 3 unspecified atom stereocenters. The van der Waals surface area contributed by atoms with E-state index in [1.165, 1.54) is 18.3 Å². The molecule has 2 aliphatic carbocycles. The lowest BCUT2D eigenvalue weighted by atomic mass is 9.72. The molecule has 0 spiro atoms. The number of rotatable bonds is 3. The summed E-state index contributed by atoms with van der Waals surface area (Å²) in [6, 6.07) is 6.00. The van der Waals surface area contributed by atoms with Gasteiger partial charge in [-0.2, -0.15) is 0 Å². The SMILES string of the molecule is Cc1c(C2CC3CC3C[C@@H]2c2cc(=O)c3c(C(N)=O)nccc3[nH]2)ccc(F)c1F. The van der Waals surface area contributed by atoms with Crippen LogP contribution in [0.4, 0.5) is 8.78 Å². The molecule has 1 aromatic carbocycles. The Morgan fingerprint density at radius 1 is 1.13 bits per heavy atom. The van der Waals surface area contributed by atoms with E-state index in [0.717, 1.165) is 30.5 Å². The molecule has 3 N–H and O–H groups in total. The first-order valence-corrected chi connectivity index (χ1v) is 10.1. The van der Waals surface area contributed by atoms with Crippen molar-refractivity contribution in [3.05, 3.63) is 74.8 Å². The van der Waals surface area contributed by atoms with Gasteiger partial charge in [-0.3, -0.25) is 14.6 Å². The average molecular weight is 409 g/mol. The third-order valence-electron chi connectivity index (χ3n) is 6.84. The molecular formula is C23H21F2N3O2. The van der Waals surface area contributed by atoms with Crippen molar-refractivity contribution in [3.8, 4) is 0 Å². The van der Waals surface area contributed by atoms with Crippen molar-refractivity contribution in [1.82, 2.24) is 9.97 Å². The minimum absolute atomic E-state index is 0.0191. The number of nitrogens with one attached hydrogen (secondary N) is 1. The maximum Gasteiger partial charge on any atom is 0.268 e. The number of aromatic nitrogens is 2. The summed E-state index contributed by atoms with van der Waals surface area (Å²) in [5.41, 5.74) is 7.36. The maximum absolute atomic E-state index is 14.3. The molecule has 30 heavy (non-hydrogen) atoms. The van der Waals surface area contributed by atoms with Crippen molar-refractivity contribution in [3.63, 3.8) is 0 Å². The van der Waals surface area contributed by atoms with E-state index < -0.39 is 17.5 Å². The fourth-order valence-electron chi connectivity index (χ4n) is 5.23. The van der Waals surface area contributed by atoms with Gasteiger partial charge in [0.15, 0.2) is 17.1 Å². The second kappa shape index (κ2) is 6.72. The van der Waals surface area contributed by atoms with Crippen LogP contribution < -0.4 is 11.2 Å². The van der Waals surface area contributed by atoms with Crippen molar-refractivity contribution in [2.45, 2.75) is 38.0 Å². The van der Waals surface area contributed by atoms with E-state index in [1.807, 2.05) is 0 Å². The highest BCUT2D eigenvalue weighted by molar-refractivity contribution is 6.03. The highest BCUT2D eigenvalue weighted by atomic mass is 19.2. The van der Waals surface area contributed by atoms with Gasteiger partial charge < -0.3 is 10.7 Å². The first-order chi connectivity index (χ1) is 14.3. The normalized spacial score (nSPS) is 25.2. The first kappa shape index (κ1) is 18.9. The highest BCUT2D eigenvalue weighted by Crippen LogP contribution is 2.59. The summed E-state index contributed by atoms with van der Waals surface area (Å²) in [5, 5.41) is 0.175. The number of hydrogen-bond acceptors (Lipinski definition) is 3. The van der Waals surface area contributed by atoms with Crippen molar-refractivity contribution >= 4 is 16.8 Å². The number of H-pyrrole nitrogens is 1. The summed E-state index contributed by atoms with van der Waals surface area (Å²) in [5.74, 6) is -1.28. The molecule has 4 atom stereocenters. The van der Waals surface area contributed by atoms with Gasteiger partial charge in [-0.15, -0.1) is 0 Å². The molecule has 3 aromatic rings. The Morgan fingerprint density at radius 3 is 2.60 bits per heavy atom. The van der Waals surface area contributed by atoms with E-state index in [-0.39, 0.29) is 28.3 Å². The number of fused-ring (bicyclic) bond motifs is 2. The summed E-state index contributed by atoms with van der Waals surface area (Å²) >= 11 is 0. The van der Waals surface area contributed by atoms with Crippen LogP contribution in [-0.4, -0.2) is 15.9 Å². The van der Waals surface area contributed by atoms with Gasteiger partial charge in [0, 0.05) is 23.9 Å². The molecule has 7 heteroatoms. The number of pyridine rings is 2. The summed E-state index contributed by atoms with van der Waals surface area (Å²) in [6.07, 6.45) is 4.33. The zero-order valence-corrected chi connectivity index (χ0v) is 16.4. The molecule has 154 valence electrons. The van der Waals surface area contributed by atoms with Crippen molar-refractivity contribution in [2.75, 3.05) is 0 Å². The quantitative estimate of drug-likeness (QED) is 0.687. The Balaban J connectivity index is 1.64. The maximum atomic E-state index is 14.3. The van der Waals surface area contributed by atoms with Crippen LogP contribution in [0.5, 0.6) is 0 Å². The Bertz CT molecular complexity index is 1250. The number of halogens is 2. The van der Waals surface area contributed by atoms with Crippen LogP contribution in [0.25, 0.3) is 10.9 Å². The summed E-state index contributed by atoms with van der Waals surface area (Å²) in [4.78, 5) is 31.8. The number of carbonyl (C=O) groups is 1. The number of benzene rings is 1. The number of aromatic amines is 1. The van der Waals surface area contributed by atoms with Crippen LogP contribution in [0, 0.1) is 30.4 Å². The fourth-order valence-corrected chi connectivity index (χ4v) is 5.23. The van der Waals surface area contributed by atoms with Crippen LogP contribution in [0.1, 0.15) is 58.4 Å². The molecule has 2 aromatic heterocycles. The molecule has 5 rings (SSSR count). The van der Waals surface area contributed by atoms with Crippen molar-refractivity contribution in [2.24, 2.45) is 17.6 Å². The molecule has 0 bridgehead atoms. The Labute approximate surface area is 171 Å². The van der Waals surface area contributed by atoms with Crippen LogP contribution in [0.15, 0.2) is 35.3 Å². The molecule has 0 aliphatic heterocycles. The third kappa shape index (κ3) is 2.91. The molecule has 5 nitrogen and oxygen atoms in total. The van der Waals surface area contributed by atoms with Crippen LogP contribution in [-0.2, 0) is 0 Å². The monoisotopic (exact) mass is 409 g/mol. The largest absolute Gasteiger partial charge is 0.364 e. The van der Waals surface area contributed by atoms with Gasteiger partial charge in [0.05, 0.1) is 10.9 Å². The van der Waals surface area contributed by atoms with E-state index in [4.69, 9.17) is 5.73 Å². The Hall–Kier alpha value is -3.09. The number of carbonyl (C=O) groups excluding carboxylic acids is 1. The minimum Gasteiger partial charge on any atom is -0.364 e. The highest BCUT2D eigenvalue weighted by Gasteiger charge is 2.48. The smallest absolute Gasteiger partial charge is 0.268 e. The van der Waals surface area contributed by atoms with Gasteiger partial charge >= 0.3 is 0 Å². The minimum atomic E-state index is -0.849. The predicted molar refractivity (Wildman–Crippen MR) is 108 cm³/mol. The van der Waals surface area contributed by atoms with Gasteiger partial charge in [-0.05, 0) is 67.2 Å². The van der Waals surface area contributed by atoms with Crippen LogP contribution >= 0.6 is 0 Å². The predicted octanol–water partition coefficient (Wildman–Crippen LogP) is 3.91. The van der Waals surface area contributed by atoms with Crippen LogP contribution in [0.3, 0.4) is 0 Å². The first-order valence-electron chi connectivity index (χ1n) is 10.1. The molecule has 2 heterocycles. The second-order valence-electron chi connectivity index (χ2n) is 8.55. The Kier molecular flexibility index (Phi) is 4.24. The zero-order valence-electron chi connectivity index (χ0n) is 16.4. The topological polar surface area (TPSA) is 88.8 Å². The molecular weight excluding hydrogens is 388 g/mol. The summed E-state index contributed by atoms with van der Waals surface area (Å²) < 4.78 is 28.0. The van der Waals surface area contributed by atoms with E-state index in [0.29, 0.717) is 22.9 Å². The van der Waals surface area contributed by atoms with Gasteiger partial charge in [0.25, 0.3) is 5.91 Å². The van der Waals surface area contributed by atoms with Crippen molar-refractivity contribution < 1.29 is 13.6 Å². The fraction of sp³-hybridized carbons (Fsp3) is 0.348. The number of nitrogens with two attached hydrogens (primary N) is 1. The van der Waals surface area contributed by atoms with E-state index in [2.05, 4.69) is 9.97 Å². The number of hydrogen-bond donors (Lipinski definition) is 2. The van der Waals surface area contributed by atoms with Gasteiger partial charge in [0.2, 0.25) is 0 Å². The van der Waals surface area contributed by atoms with Crippen LogP contribution in [0.2, 0.25) is 0 Å². The molecule has 1 amide bonds. The van der Waals surface area contributed by atoms with Gasteiger partial charge in [0.1, 0.15) is 5.69 Å². The number of primary amides is 1. The van der Waals surface area contributed by atoms with E-state index >= 15 is 0 Å². The average Bonchev–Trinajstić information content (AvgIpc) is 3.49. The number of amides is 1. The lowest BCUT2D eigenvalue weighted by Gasteiger charge is -2.33. The lowest BCUT2D eigenvalue weighted by Crippen LogP contribution is -2.23. The third-order valence-corrected chi connectivity index (χ3v) is 6.84. The standard InChI is InChI=1S/C23H21F2N3O2/c1-10-13(2-3-16(24)21(10)25)14-7-11-6-12(11)8-15(14)18-9-19(29)20-17(28-18)4-5-27-22(20)23(26)30/h2-5,9,11-12,14-15H,6-8H2,1H3,(H2,26,30)(H,28,29)/t11?,12?,14?,15-/m0/s1. The molecule has 0 radical (unpaired) electrons. The van der Waals surface area contributed by atoms with Gasteiger partial charge in [-0.25, -0.2) is 8.78 Å². The summed E-state index contributed by atoms with van der Waals surface area (Å²) in [6.45, 7) is 1.61. The second-order valence-corrected chi connectivity index (χ2v) is 8.55. The molecule has 2 aliphatic rings. The zero-order chi connectivity index (χ0) is 21.2. The Morgan fingerprint density at radius 2 is 1.87 bits per heavy atom. The molecule has 0 saturated heterocycles. The van der Waals surface area contributed by atoms with E-state index in [9.17, 15) is 18.4 Å². The van der Waals surface area contributed by atoms with E-state index in [1.54, 1.807) is 19.1 Å².